The van der Waals surface area contributed by atoms with E-state index >= 15 is 0 Å². The molecule has 0 unspecified atom stereocenters. The van der Waals surface area contributed by atoms with Crippen LogP contribution in [-0.2, 0) is 0 Å². The highest BCUT2D eigenvalue weighted by atomic mass is 32.2. The summed E-state index contributed by atoms with van der Waals surface area (Å²) in [7, 11) is 0. The predicted molar refractivity (Wildman–Crippen MR) is 87.8 cm³/mol. The van der Waals surface area contributed by atoms with E-state index in [9.17, 15) is 13.2 Å². The molecule has 0 bridgehead atoms. The Kier molecular flexibility index (Phi) is 4.59. The third-order valence-electron chi connectivity index (χ3n) is 3.01. The number of hydrogen-bond acceptors (Lipinski definition) is 4. The Labute approximate surface area is 139 Å². The van der Waals surface area contributed by atoms with Gasteiger partial charge in [-0.1, -0.05) is 19.1 Å². The summed E-state index contributed by atoms with van der Waals surface area (Å²) < 4.78 is 43.1. The molecule has 1 aromatic heterocycles. The van der Waals surface area contributed by atoms with Gasteiger partial charge in [0.05, 0.1) is 5.56 Å². The van der Waals surface area contributed by atoms with Gasteiger partial charge in [0.2, 0.25) is 5.89 Å². The van der Waals surface area contributed by atoms with Gasteiger partial charge in [-0.3, -0.25) is 0 Å². The Morgan fingerprint density at radius 3 is 2.65 bits per heavy atom. The number of nitrogens with zero attached hydrogens (tertiary/aromatic N) is 1. The van der Waals surface area contributed by atoms with Gasteiger partial charge in [0.25, 0.3) is 0 Å². The van der Waals surface area contributed by atoms with Crippen molar-refractivity contribution in [3.63, 3.8) is 0 Å². The van der Waals surface area contributed by atoms with E-state index in [0.717, 1.165) is 16.2 Å². The first-order valence-corrected chi connectivity index (χ1v) is 8.65. The smallest absolute Gasteiger partial charge is 0.436 e. The zero-order valence-corrected chi connectivity index (χ0v) is 13.7. The van der Waals surface area contributed by atoms with Gasteiger partial charge in [0, 0.05) is 9.79 Å². The van der Waals surface area contributed by atoms with Crippen LogP contribution in [0.2, 0.25) is 0 Å². The zero-order chi connectivity index (χ0) is 16.4. The molecular weight excluding hydrogens is 343 g/mol. The van der Waals surface area contributed by atoms with Crippen molar-refractivity contribution >= 4 is 34.6 Å². The number of halogens is 3. The van der Waals surface area contributed by atoms with Gasteiger partial charge in [-0.2, -0.15) is 13.2 Å². The predicted octanol–water partition coefficient (Wildman–Crippen LogP) is 6.22. The van der Waals surface area contributed by atoms with Crippen molar-refractivity contribution in [1.29, 1.82) is 0 Å². The van der Waals surface area contributed by atoms with Crippen LogP contribution < -0.4 is 0 Å². The largest absolute Gasteiger partial charge is 0.446 e. The van der Waals surface area contributed by atoms with E-state index in [2.05, 4.69) is 4.98 Å². The van der Waals surface area contributed by atoms with Crippen LogP contribution in [0, 0.1) is 0 Å². The van der Waals surface area contributed by atoms with Gasteiger partial charge in [-0.25, -0.2) is 4.98 Å². The fourth-order valence-electron chi connectivity index (χ4n) is 2.14. The van der Waals surface area contributed by atoms with Gasteiger partial charge < -0.3 is 4.42 Å². The van der Waals surface area contributed by atoms with Crippen LogP contribution in [0.3, 0.4) is 0 Å². The molecule has 3 rings (SSSR count). The second kappa shape index (κ2) is 6.49. The van der Waals surface area contributed by atoms with Crippen molar-refractivity contribution in [2.24, 2.45) is 0 Å². The highest BCUT2D eigenvalue weighted by Crippen LogP contribution is 2.39. The van der Waals surface area contributed by atoms with Crippen molar-refractivity contribution in [2.45, 2.75) is 22.2 Å². The Morgan fingerprint density at radius 1 is 1.13 bits per heavy atom. The van der Waals surface area contributed by atoms with E-state index in [1.165, 1.54) is 18.2 Å². The molecule has 3 aromatic rings. The SMILES string of the molecule is CCSc1ccccc1-c1nc2cc(SC(F)(F)F)ccc2o1. The number of rotatable bonds is 4. The van der Waals surface area contributed by atoms with Crippen molar-refractivity contribution < 1.29 is 17.6 Å². The quantitative estimate of drug-likeness (QED) is 0.519. The van der Waals surface area contributed by atoms with Gasteiger partial charge >= 0.3 is 5.51 Å². The van der Waals surface area contributed by atoms with Crippen molar-refractivity contribution in [3.05, 3.63) is 42.5 Å². The lowest BCUT2D eigenvalue weighted by atomic mass is 10.2. The monoisotopic (exact) mass is 355 g/mol. The van der Waals surface area contributed by atoms with Crippen LogP contribution >= 0.6 is 23.5 Å². The normalized spacial score (nSPS) is 12.0. The lowest BCUT2D eigenvalue weighted by Gasteiger charge is -2.04. The van der Waals surface area contributed by atoms with Crippen molar-refractivity contribution in [1.82, 2.24) is 4.98 Å². The number of benzene rings is 2. The average molecular weight is 355 g/mol. The number of thioether (sulfide) groups is 2. The number of alkyl halides is 3. The lowest BCUT2D eigenvalue weighted by Crippen LogP contribution is -1.98. The molecule has 1 heterocycles. The number of aromatic nitrogens is 1. The highest BCUT2D eigenvalue weighted by molar-refractivity contribution is 8.00. The molecule has 7 heteroatoms. The Morgan fingerprint density at radius 2 is 1.91 bits per heavy atom. The molecule has 0 aliphatic heterocycles. The molecule has 0 radical (unpaired) electrons. The van der Waals surface area contributed by atoms with Crippen molar-refractivity contribution in [3.8, 4) is 11.5 Å². The van der Waals surface area contributed by atoms with E-state index < -0.39 is 5.51 Å². The number of oxazole rings is 1. The lowest BCUT2D eigenvalue weighted by molar-refractivity contribution is -0.0328. The van der Waals surface area contributed by atoms with Crippen LogP contribution in [0.5, 0.6) is 0 Å². The van der Waals surface area contributed by atoms with E-state index in [1.54, 1.807) is 11.8 Å². The Bertz CT molecular complexity index is 830. The Hall–Kier alpha value is -1.60. The van der Waals surface area contributed by atoms with E-state index in [0.29, 0.717) is 17.0 Å². The van der Waals surface area contributed by atoms with E-state index in [4.69, 9.17) is 4.42 Å². The minimum atomic E-state index is -4.31. The molecule has 120 valence electrons. The van der Waals surface area contributed by atoms with E-state index in [1.807, 2.05) is 31.2 Å². The maximum atomic E-state index is 12.5. The summed E-state index contributed by atoms with van der Waals surface area (Å²) in [6.07, 6.45) is 0. The molecule has 0 saturated heterocycles. The first-order valence-electron chi connectivity index (χ1n) is 6.85. The molecule has 2 nitrogen and oxygen atoms in total. The molecule has 23 heavy (non-hydrogen) atoms. The summed E-state index contributed by atoms with van der Waals surface area (Å²) in [6.45, 7) is 2.05. The summed E-state index contributed by atoms with van der Waals surface area (Å²) in [6, 6.07) is 12.0. The molecule has 0 spiro atoms. The second-order valence-corrected chi connectivity index (χ2v) is 7.07. The fraction of sp³-hybridized carbons (Fsp3) is 0.188. The standard InChI is InChI=1S/C16H12F3NOS2/c1-2-22-14-6-4-3-5-11(14)15-20-12-9-10(23-16(17,18)19)7-8-13(12)21-15/h3-9H,2H2,1H3. The molecular formula is C16H12F3NOS2. The molecule has 0 fully saturated rings. The van der Waals surface area contributed by atoms with Gasteiger partial charge in [-0.05, 0) is 47.8 Å². The maximum Gasteiger partial charge on any atom is 0.446 e. The molecule has 0 saturated carbocycles. The van der Waals surface area contributed by atoms with Crippen LogP contribution in [0.4, 0.5) is 13.2 Å². The maximum absolute atomic E-state index is 12.5. The van der Waals surface area contributed by atoms with Crippen LogP contribution in [0.15, 0.2) is 56.7 Å². The second-order valence-electron chi connectivity index (χ2n) is 4.63. The minimum absolute atomic E-state index is 0.0982. The van der Waals surface area contributed by atoms with Crippen LogP contribution in [0.1, 0.15) is 6.92 Å². The first kappa shape index (κ1) is 16.3. The highest BCUT2D eigenvalue weighted by Gasteiger charge is 2.29. The first-order chi connectivity index (χ1) is 11.0. The van der Waals surface area contributed by atoms with Gasteiger partial charge in [0.1, 0.15) is 5.52 Å². The van der Waals surface area contributed by atoms with E-state index in [-0.39, 0.29) is 16.7 Å². The third kappa shape index (κ3) is 3.84. The summed E-state index contributed by atoms with van der Waals surface area (Å²) in [4.78, 5) is 5.49. The third-order valence-corrected chi connectivity index (χ3v) is 4.69. The minimum Gasteiger partial charge on any atom is -0.436 e. The van der Waals surface area contributed by atoms with Crippen molar-refractivity contribution in [2.75, 3.05) is 5.75 Å². The zero-order valence-electron chi connectivity index (χ0n) is 12.1. The summed E-state index contributed by atoms with van der Waals surface area (Å²) >= 11 is 1.51. The molecule has 2 aromatic carbocycles. The van der Waals surface area contributed by atoms with Crippen LogP contribution in [-0.4, -0.2) is 16.2 Å². The average Bonchev–Trinajstić information content (AvgIpc) is 2.89. The molecule has 0 amide bonds. The molecule has 0 N–H and O–H groups in total. The number of fused-ring (bicyclic) bond motifs is 1. The molecule has 0 aliphatic rings. The molecule has 0 atom stereocenters. The van der Waals surface area contributed by atoms with Gasteiger partial charge in [-0.15, -0.1) is 11.8 Å². The molecule has 0 aliphatic carbocycles. The summed E-state index contributed by atoms with van der Waals surface area (Å²) in [5, 5.41) is 0. The van der Waals surface area contributed by atoms with Crippen LogP contribution in [0.25, 0.3) is 22.6 Å². The summed E-state index contributed by atoms with van der Waals surface area (Å²) in [5.74, 6) is 1.33. The van der Waals surface area contributed by atoms with Gasteiger partial charge in [0.15, 0.2) is 5.58 Å². The number of hydrogen-bond donors (Lipinski definition) is 0. The fourth-order valence-corrected chi connectivity index (χ4v) is 3.51. The summed E-state index contributed by atoms with van der Waals surface area (Å²) in [5.41, 5.74) is -2.57. The topological polar surface area (TPSA) is 26.0 Å². The Balaban J connectivity index is 2.00.